The maximum atomic E-state index is 12.6. The van der Waals surface area contributed by atoms with Gasteiger partial charge in [0.15, 0.2) is 0 Å². The van der Waals surface area contributed by atoms with E-state index in [1.165, 1.54) is 0 Å². The first-order chi connectivity index (χ1) is 6.00. The van der Waals surface area contributed by atoms with Crippen LogP contribution in [-0.2, 0) is 0 Å². The molecule has 0 saturated heterocycles. The Balaban J connectivity index is 3.56. The zero-order valence-corrected chi connectivity index (χ0v) is 10.4. The van der Waals surface area contributed by atoms with Gasteiger partial charge >= 0.3 is 85.7 Å². The Morgan fingerprint density at radius 3 is 1.31 bits per heavy atom. The molecule has 1 rings (SSSR count). The second kappa shape index (κ2) is 3.76. The average Bonchev–Trinajstić information content (AvgIpc) is 2.13. The van der Waals surface area contributed by atoms with Crippen LogP contribution in [0, 0.1) is 29.1 Å². The fourth-order valence-corrected chi connectivity index (χ4v) is 1.49. The molecule has 0 heterocycles. The van der Waals surface area contributed by atoms with E-state index in [1.54, 1.807) is 0 Å². The van der Waals surface area contributed by atoms with Gasteiger partial charge in [-0.15, -0.1) is 0 Å². The molecule has 0 aromatic heterocycles. The monoisotopic (exact) mass is 388 g/mol. The van der Waals surface area contributed by atoms with E-state index >= 15 is 0 Å². The standard InChI is InChI=1S/C6HF5O.Tl/c7-1-2(8)4(10)6(12)5(11)3(1)9;/h12H;/q;+1/p-1. The van der Waals surface area contributed by atoms with Gasteiger partial charge in [-0.25, -0.2) is 0 Å². The summed E-state index contributed by atoms with van der Waals surface area (Å²) < 4.78 is 66.4. The number of benzene rings is 1. The molecule has 0 bridgehead atoms. The molecule has 0 fully saturated rings. The van der Waals surface area contributed by atoms with Crippen LogP contribution in [0.15, 0.2) is 0 Å². The summed E-state index contributed by atoms with van der Waals surface area (Å²) in [6.07, 6.45) is 0. The SMILES string of the molecule is Fc1c(F)c(F)c([O][Tl])c(F)c1F. The molecule has 0 spiro atoms. The van der Waals surface area contributed by atoms with E-state index in [9.17, 15) is 22.0 Å². The Morgan fingerprint density at radius 2 is 1.00 bits per heavy atom. The van der Waals surface area contributed by atoms with Gasteiger partial charge in [0.05, 0.1) is 0 Å². The molecule has 0 aliphatic heterocycles. The summed E-state index contributed by atoms with van der Waals surface area (Å²) in [6.45, 7) is 0. The summed E-state index contributed by atoms with van der Waals surface area (Å²) in [5.41, 5.74) is 0. The van der Waals surface area contributed by atoms with E-state index < -0.39 is 34.8 Å². The topological polar surface area (TPSA) is 9.23 Å². The molecule has 0 saturated carbocycles. The third-order valence-electron chi connectivity index (χ3n) is 1.29. The molecule has 0 amide bonds. The van der Waals surface area contributed by atoms with Crippen LogP contribution in [0.3, 0.4) is 0 Å². The fraction of sp³-hybridized carbons (Fsp3) is 0. The molecule has 68 valence electrons. The van der Waals surface area contributed by atoms with Gasteiger partial charge in [-0.1, -0.05) is 0 Å². The summed E-state index contributed by atoms with van der Waals surface area (Å²) in [4.78, 5) is 0. The molecule has 0 aliphatic rings. The van der Waals surface area contributed by atoms with Crippen LogP contribution in [0.1, 0.15) is 0 Å². The van der Waals surface area contributed by atoms with Crippen molar-refractivity contribution in [1.29, 1.82) is 0 Å². The first-order valence-corrected chi connectivity index (χ1v) is 4.72. The van der Waals surface area contributed by atoms with Gasteiger partial charge in [0.1, 0.15) is 0 Å². The normalized spacial score (nSPS) is 10.2. The van der Waals surface area contributed by atoms with Gasteiger partial charge < -0.3 is 0 Å². The van der Waals surface area contributed by atoms with Crippen LogP contribution >= 0.6 is 0 Å². The van der Waals surface area contributed by atoms with E-state index in [0.29, 0.717) is 0 Å². The number of hydrogen-bond donors (Lipinski definition) is 0. The quantitative estimate of drug-likeness (QED) is 0.309. The van der Waals surface area contributed by atoms with E-state index in [2.05, 4.69) is 2.69 Å². The minimum absolute atomic E-state index is 0.363. The van der Waals surface area contributed by atoms with Gasteiger partial charge in [-0.2, -0.15) is 0 Å². The van der Waals surface area contributed by atoms with Crippen LogP contribution in [-0.4, -0.2) is 26.2 Å². The molecule has 13 heavy (non-hydrogen) atoms. The molecule has 0 unspecified atom stereocenters. The van der Waals surface area contributed by atoms with E-state index in [4.69, 9.17) is 0 Å². The van der Waals surface area contributed by atoms with Crippen molar-refractivity contribution in [3.8, 4) is 5.75 Å². The molecule has 7 heteroatoms. The number of halogens is 5. The molecule has 1 nitrogen and oxygen atoms in total. The molecular weight excluding hydrogens is 387 g/mol. The van der Waals surface area contributed by atoms with Crippen molar-refractivity contribution in [2.75, 3.05) is 0 Å². The molecule has 0 radical (unpaired) electrons. The van der Waals surface area contributed by atoms with Crippen molar-refractivity contribution in [1.82, 2.24) is 0 Å². The van der Waals surface area contributed by atoms with Gasteiger partial charge in [0, 0.05) is 0 Å². The molecule has 1 aromatic carbocycles. The predicted molar refractivity (Wildman–Crippen MR) is 32.6 cm³/mol. The summed E-state index contributed by atoms with van der Waals surface area (Å²) in [7, 11) is 0. The fourth-order valence-electron chi connectivity index (χ4n) is 0.688. The minimum atomic E-state index is -2.18. The van der Waals surface area contributed by atoms with Crippen molar-refractivity contribution < 1.29 is 24.6 Å². The Bertz CT molecular complexity index is 324. The van der Waals surface area contributed by atoms with Crippen LogP contribution < -0.4 is 2.69 Å². The van der Waals surface area contributed by atoms with Crippen molar-refractivity contribution in [3.63, 3.8) is 0 Å². The molecule has 1 aromatic rings. The van der Waals surface area contributed by atoms with Crippen LogP contribution in [0.2, 0.25) is 0 Å². The van der Waals surface area contributed by atoms with Crippen molar-refractivity contribution in [2.24, 2.45) is 0 Å². The molecule has 0 aliphatic carbocycles. The van der Waals surface area contributed by atoms with Crippen LogP contribution in [0.5, 0.6) is 5.75 Å². The summed E-state index contributed by atoms with van der Waals surface area (Å²) in [5.74, 6) is -11.2. The predicted octanol–water partition coefficient (Wildman–Crippen LogP) is 1.84. The third-order valence-corrected chi connectivity index (χ3v) is 2.20. The van der Waals surface area contributed by atoms with Crippen LogP contribution in [0.4, 0.5) is 22.0 Å². The number of hydrogen-bond acceptors (Lipinski definition) is 1. The van der Waals surface area contributed by atoms with Crippen molar-refractivity contribution in [2.45, 2.75) is 0 Å². The Hall–Kier alpha value is -0.408. The van der Waals surface area contributed by atoms with Crippen molar-refractivity contribution in [3.05, 3.63) is 29.1 Å². The summed E-state index contributed by atoms with van der Waals surface area (Å²) >= 11 is -0.363. The van der Waals surface area contributed by atoms with Gasteiger partial charge in [0.25, 0.3) is 0 Å². The second-order valence-corrected chi connectivity index (χ2v) is 2.93. The van der Waals surface area contributed by atoms with E-state index in [1.807, 2.05) is 0 Å². The van der Waals surface area contributed by atoms with Crippen molar-refractivity contribution >= 4 is 26.2 Å². The second-order valence-electron chi connectivity index (χ2n) is 2.02. The van der Waals surface area contributed by atoms with E-state index in [-0.39, 0.29) is 26.2 Å². The Kier molecular flexibility index (Phi) is 3.09. The number of rotatable bonds is 1. The third kappa shape index (κ3) is 1.63. The Labute approximate surface area is 85.8 Å². The van der Waals surface area contributed by atoms with Gasteiger partial charge in [-0.3, -0.25) is 0 Å². The van der Waals surface area contributed by atoms with E-state index in [0.717, 1.165) is 0 Å². The summed E-state index contributed by atoms with van der Waals surface area (Å²) in [5, 5.41) is 0. The molecule has 0 atom stereocenters. The maximum absolute atomic E-state index is 12.6. The summed E-state index contributed by atoms with van der Waals surface area (Å²) in [6, 6.07) is 0. The molecular formula is C6F5OTl. The Morgan fingerprint density at radius 1 is 0.692 bits per heavy atom. The first kappa shape index (κ1) is 10.7. The van der Waals surface area contributed by atoms with Gasteiger partial charge in [0.2, 0.25) is 0 Å². The molecule has 0 N–H and O–H groups in total. The zero-order chi connectivity index (χ0) is 10.2. The average molecular weight is 387 g/mol. The van der Waals surface area contributed by atoms with Crippen LogP contribution in [0.25, 0.3) is 0 Å². The zero-order valence-electron chi connectivity index (χ0n) is 5.88. The van der Waals surface area contributed by atoms with Gasteiger partial charge in [-0.05, 0) is 0 Å². The first-order valence-electron chi connectivity index (χ1n) is 2.88.